The maximum absolute atomic E-state index is 2.41. The first-order valence-electron chi connectivity index (χ1n) is 6.41. The molecule has 2 unspecified atom stereocenters. The first-order valence-corrected chi connectivity index (χ1v) is 6.41. The summed E-state index contributed by atoms with van der Waals surface area (Å²) >= 11 is 0. The molecule has 14 heavy (non-hydrogen) atoms. The van der Waals surface area contributed by atoms with Gasteiger partial charge in [0.15, 0.2) is 0 Å². The fourth-order valence-electron chi connectivity index (χ4n) is 2.35. The summed E-state index contributed by atoms with van der Waals surface area (Å²) in [6.45, 7) is 14.2. The van der Waals surface area contributed by atoms with E-state index in [4.69, 9.17) is 0 Å². The van der Waals surface area contributed by atoms with Crippen LogP contribution in [-0.4, -0.2) is 0 Å². The number of rotatable bonds is 6. The Bertz CT molecular complexity index is 129. The zero-order valence-corrected chi connectivity index (χ0v) is 11.2. The molecule has 0 saturated heterocycles. The molecule has 0 radical (unpaired) electrons. The van der Waals surface area contributed by atoms with Gasteiger partial charge in [-0.15, -0.1) is 0 Å². The lowest BCUT2D eigenvalue weighted by Gasteiger charge is -2.32. The normalized spacial score (nSPS) is 16.7. The van der Waals surface area contributed by atoms with Crippen LogP contribution >= 0.6 is 0 Å². The Kier molecular flexibility index (Phi) is 6.48. The van der Waals surface area contributed by atoms with E-state index in [0.717, 1.165) is 11.8 Å². The molecule has 0 heteroatoms. The molecule has 86 valence electrons. The maximum Gasteiger partial charge on any atom is -0.0354 e. The van der Waals surface area contributed by atoms with Gasteiger partial charge < -0.3 is 0 Å². The molecular formula is C14H30. The van der Waals surface area contributed by atoms with E-state index in [1.807, 2.05) is 0 Å². The Hall–Kier alpha value is 0. The SMILES string of the molecule is CCCC(C)CC(CCC)C(C)(C)C. The van der Waals surface area contributed by atoms with Crippen molar-refractivity contribution in [3.05, 3.63) is 0 Å². The van der Waals surface area contributed by atoms with Crippen LogP contribution in [0.15, 0.2) is 0 Å². The van der Waals surface area contributed by atoms with Crippen molar-refractivity contribution in [2.75, 3.05) is 0 Å². The molecule has 0 heterocycles. The van der Waals surface area contributed by atoms with Gasteiger partial charge in [-0.25, -0.2) is 0 Å². The van der Waals surface area contributed by atoms with Gasteiger partial charge in [-0.2, -0.15) is 0 Å². The molecule has 0 amide bonds. The van der Waals surface area contributed by atoms with Crippen LogP contribution in [0.5, 0.6) is 0 Å². The minimum atomic E-state index is 0.498. The molecule has 0 fully saturated rings. The summed E-state index contributed by atoms with van der Waals surface area (Å²) in [7, 11) is 0. The lowest BCUT2D eigenvalue weighted by atomic mass is 9.73. The van der Waals surface area contributed by atoms with Crippen LogP contribution in [0.1, 0.15) is 73.6 Å². The lowest BCUT2D eigenvalue weighted by Crippen LogP contribution is -2.22. The maximum atomic E-state index is 2.41. The highest BCUT2D eigenvalue weighted by Gasteiger charge is 2.24. The molecule has 0 spiro atoms. The van der Waals surface area contributed by atoms with Gasteiger partial charge in [-0.05, 0) is 23.7 Å². The first-order chi connectivity index (χ1) is 6.41. The molecule has 0 bridgehead atoms. The Balaban J connectivity index is 4.09. The van der Waals surface area contributed by atoms with Gasteiger partial charge in [-0.3, -0.25) is 0 Å². The number of hydrogen-bond acceptors (Lipinski definition) is 0. The smallest absolute Gasteiger partial charge is 0.0354 e. The minimum Gasteiger partial charge on any atom is -0.0654 e. The quantitative estimate of drug-likeness (QED) is 0.545. The molecular weight excluding hydrogens is 168 g/mol. The van der Waals surface area contributed by atoms with Crippen molar-refractivity contribution >= 4 is 0 Å². The van der Waals surface area contributed by atoms with Crippen LogP contribution in [0.4, 0.5) is 0 Å². The van der Waals surface area contributed by atoms with Crippen LogP contribution in [0, 0.1) is 17.3 Å². The van der Waals surface area contributed by atoms with Gasteiger partial charge in [0.1, 0.15) is 0 Å². The second-order valence-corrected chi connectivity index (χ2v) is 5.98. The Morgan fingerprint density at radius 3 is 1.79 bits per heavy atom. The van der Waals surface area contributed by atoms with E-state index >= 15 is 0 Å². The van der Waals surface area contributed by atoms with Crippen LogP contribution in [0.2, 0.25) is 0 Å². The molecule has 0 aromatic carbocycles. The van der Waals surface area contributed by atoms with Gasteiger partial charge in [0, 0.05) is 0 Å². The van der Waals surface area contributed by atoms with Crippen molar-refractivity contribution in [1.82, 2.24) is 0 Å². The standard InChI is InChI=1S/C14H30/c1-7-9-12(3)11-13(10-8-2)14(4,5)6/h12-13H,7-11H2,1-6H3. The molecule has 0 rings (SSSR count). The average molecular weight is 198 g/mol. The molecule has 0 N–H and O–H groups in total. The zero-order chi connectivity index (χ0) is 11.2. The lowest BCUT2D eigenvalue weighted by molar-refractivity contribution is 0.182. The Labute approximate surface area is 91.5 Å². The Morgan fingerprint density at radius 2 is 1.43 bits per heavy atom. The van der Waals surface area contributed by atoms with Crippen LogP contribution in [0.3, 0.4) is 0 Å². The molecule has 2 atom stereocenters. The molecule has 0 aromatic rings. The van der Waals surface area contributed by atoms with Crippen LogP contribution in [0.25, 0.3) is 0 Å². The second-order valence-electron chi connectivity index (χ2n) is 5.98. The van der Waals surface area contributed by atoms with E-state index in [1.165, 1.54) is 32.1 Å². The molecule has 0 aromatic heterocycles. The van der Waals surface area contributed by atoms with E-state index in [-0.39, 0.29) is 0 Å². The van der Waals surface area contributed by atoms with Crippen molar-refractivity contribution in [2.24, 2.45) is 17.3 Å². The van der Waals surface area contributed by atoms with Crippen molar-refractivity contribution in [3.8, 4) is 0 Å². The predicted octanol–water partition coefficient (Wildman–Crippen LogP) is 5.28. The highest BCUT2D eigenvalue weighted by molar-refractivity contribution is 4.75. The summed E-state index contributed by atoms with van der Waals surface area (Å²) < 4.78 is 0. The van der Waals surface area contributed by atoms with Crippen molar-refractivity contribution in [1.29, 1.82) is 0 Å². The van der Waals surface area contributed by atoms with Gasteiger partial charge in [0.25, 0.3) is 0 Å². The topological polar surface area (TPSA) is 0 Å². The summed E-state index contributed by atoms with van der Waals surface area (Å²) in [6, 6.07) is 0. The van der Waals surface area contributed by atoms with Crippen molar-refractivity contribution in [2.45, 2.75) is 73.6 Å². The summed E-state index contributed by atoms with van der Waals surface area (Å²) in [4.78, 5) is 0. The summed E-state index contributed by atoms with van der Waals surface area (Å²) in [5.74, 6) is 1.82. The minimum absolute atomic E-state index is 0.498. The van der Waals surface area contributed by atoms with Gasteiger partial charge in [0.2, 0.25) is 0 Å². The molecule has 0 nitrogen and oxygen atoms in total. The van der Waals surface area contributed by atoms with Gasteiger partial charge in [-0.1, -0.05) is 67.2 Å². The highest BCUT2D eigenvalue weighted by atomic mass is 14.3. The van der Waals surface area contributed by atoms with Crippen molar-refractivity contribution < 1.29 is 0 Å². The van der Waals surface area contributed by atoms with E-state index < -0.39 is 0 Å². The summed E-state index contributed by atoms with van der Waals surface area (Å²) in [5.41, 5.74) is 0.498. The van der Waals surface area contributed by atoms with Gasteiger partial charge >= 0.3 is 0 Å². The zero-order valence-electron chi connectivity index (χ0n) is 11.2. The third-order valence-electron chi connectivity index (χ3n) is 3.33. The van der Waals surface area contributed by atoms with Crippen molar-refractivity contribution in [3.63, 3.8) is 0 Å². The van der Waals surface area contributed by atoms with E-state index in [2.05, 4.69) is 41.5 Å². The number of hydrogen-bond donors (Lipinski definition) is 0. The first kappa shape index (κ1) is 14.0. The highest BCUT2D eigenvalue weighted by Crippen LogP contribution is 2.35. The van der Waals surface area contributed by atoms with Crippen LogP contribution in [-0.2, 0) is 0 Å². The molecule has 0 aliphatic heterocycles. The largest absolute Gasteiger partial charge is 0.0654 e. The molecule has 0 aliphatic carbocycles. The van der Waals surface area contributed by atoms with Gasteiger partial charge in [0.05, 0.1) is 0 Å². The third-order valence-corrected chi connectivity index (χ3v) is 3.33. The Morgan fingerprint density at radius 1 is 0.929 bits per heavy atom. The fraction of sp³-hybridized carbons (Fsp3) is 1.00. The fourth-order valence-corrected chi connectivity index (χ4v) is 2.35. The molecule has 0 aliphatic rings. The van der Waals surface area contributed by atoms with E-state index in [9.17, 15) is 0 Å². The van der Waals surface area contributed by atoms with Crippen LogP contribution < -0.4 is 0 Å². The third kappa shape index (κ3) is 5.67. The summed E-state index contributed by atoms with van der Waals surface area (Å²) in [5, 5.41) is 0. The average Bonchev–Trinajstić information content (AvgIpc) is 2.02. The monoisotopic (exact) mass is 198 g/mol. The van der Waals surface area contributed by atoms with E-state index in [0.29, 0.717) is 5.41 Å². The second kappa shape index (κ2) is 6.48. The predicted molar refractivity (Wildman–Crippen MR) is 66.5 cm³/mol. The summed E-state index contributed by atoms with van der Waals surface area (Å²) in [6.07, 6.45) is 6.89. The van der Waals surface area contributed by atoms with E-state index in [1.54, 1.807) is 0 Å². The molecule has 0 saturated carbocycles.